The Hall–Kier alpha value is -2.87. The number of rotatable bonds is 3. The van der Waals surface area contributed by atoms with Crippen LogP contribution < -0.4 is 5.73 Å². The van der Waals surface area contributed by atoms with Gasteiger partial charge in [0.05, 0.1) is 0 Å². The predicted octanol–water partition coefficient (Wildman–Crippen LogP) is 7.36. The van der Waals surface area contributed by atoms with Crippen molar-refractivity contribution in [2.45, 2.75) is 41.5 Å². The Bertz CT molecular complexity index is 622. The van der Waals surface area contributed by atoms with Gasteiger partial charge in [0.2, 0.25) is 5.91 Å². The van der Waals surface area contributed by atoms with E-state index in [4.69, 9.17) is 5.73 Å². The van der Waals surface area contributed by atoms with Gasteiger partial charge in [0.25, 0.3) is 0 Å². The van der Waals surface area contributed by atoms with Gasteiger partial charge in [0.15, 0.2) is 0 Å². The number of hydrogen-bond donors (Lipinski definition) is 1. The number of carbonyl (C=O) groups excluding carboxylic acids is 1. The summed E-state index contributed by atoms with van der Waals surface area (Å²) in [7, 11) is 0. The van der Waals surface area contributed by atoms with Gasteiger partial charge in [-0.1, -0.05) is 94.5 Å². The standard InChI is InChI=1S/C14H13NO.C5H8.2C2H6.C2H4/c1-10-2-4-11(5-3-10)12-6-8-13(9-7-12)14(15)16;1-3-5-4-2;3*1-2/h2-9H,1H3,(H2,15,16);3-5H,1H2,2H3;2*1-2H3;1-2H2/b;5-4-;;;. The summed E-state index contributed by atoms with van der Waals surface area (Å²) >= 11 is 0. The molecule has 2 rings (SSSR count). The van der Waals surface area contributed by atoms with Crippen LogP contribution in [0, 0.1) is 6.92 Å². The summed E-state index contributed by atoms with van der Waals surface area (Å²) < 4.78 is 0. The van der Waals surface area contributed by atoms with Crippen molar-refractivity contribution >= 4 is 5.91 Å². The number of aryl methyl sites for hydroxylation is 1. The number of primary amides is 1. The van der Waals surface area contributed by atoms with Crippen molar-refractivity contribution in [3.63, 3.8) is 0 Å². The Morgan fingerprint density at radius 2 is 1.22 bits per heavy atom. The maximum Gasteiger partial charge on any atom is 0.248 e. The summed E-state index contributed by atoms with van der Waals surface area (Å²) in [5, 5.41) is 0. The van der Waals surface area contributed by atoms with E-state index in [0.29, 0.717) is 5.56 Å². The lowest BCUT2D eigenvalue weighted by molar-refractivity contribution is 0.100. The predicted molar refractivity (Wildman–Crippen MR) is 124 cm³/mol. The molecule has 0 aliphatic carbocycles. The number of nitrogens with two attached hydrogens (primary N) is 1. The molecule has 0 unspecified atom stereocenters. The quantitative estimate of drug-likeness (QED) is 0.447. The molecule has 0 saturated carbocycles. The van der Waals surface area contributed by atoms with Crippen LogP contribution in [0.2, 0.25) is 0 Å². The fourth-order valence-corrected chi connectivity index (χ4v) is 1.71. The summed E-state index contributed by atoms with van der Waals surface area (Å²) in [5.74, 6) is -0.393. The Balaban J connectivity index is -0.000000443. The van der Waals surface area contributed by atoms with Crippen LogP contribution in [0.4, 0.5) is 0 Å². The second-order valence-corrected chi connectivity index (χ2v) is 4.57. The van der Waals surface area contributed by atoms with Crippen LogP contribution in [0.1, 0.15) is 50.5 Å². The zero-order valence-electron chi connectivity index (χ0n) is 18.0. The minimum atomic E-state index is -0.393. The Kier molecular flexibility index (Phi) is 22.7. The van der Waals surface area contributed by atoms with Gasteiger partial charge >= 0.3 is 0 Å². The van der Waals surface area contributed by atoms with E-state index in [2.05, 4.69) is 50.9 Å². The van der Waals surface area contributed by atoms with Gasteiger partial charge < -0.3 is 5.73 Å². The Morgan fingerprint density at radius 1 is 0.852 bits per heavy atom. The Labute approximate surface area is 167 Å². The average Bonchev–Trinajstić information content (AvgIpc) is 2.74. The highest BCUT2D eigenvalue weighted by atomic mass is 16.1. The monoisotopic (exact) mass is 367 g/mol. The van der Waals surface area contributed by atoms with Crippen LogP contribution in [-0.2, 0) is 0 Å². The first-order valence-corrected chi connectivity index (χ1v) is 9.29. The van der Waals surface area contributed by atoms with Crippen molar-refractivity contribution < 1.29 is 4.79 Å². The van der Waals surface area contributed by atoms with E-state index in [1.54, 1.807) is 18.2 Å². The van der Waals surface area contributed by atoms with E-state index < -0.39 is 5.91 Å². The van der Waals surface area contributed by atoms with Crippen LogP contribution in [-0.4, -0.2) is 5.91 Å². The molecule has 2 N–H and O–H groups in total. The van der Waals surface area contributed by atoms with E-state index >= 15 is 0 Å². The van der Waals surface area contributed by atoms with Gasteiger partial charge in [-0.05, 0) is 37.1 Å². The molecule has 0 heterocycles. The average molecular weight is 368 g/mol. The van der Waals surface area contributed by atoms with E-state index in [9.17, 15) is 4.79 Å². The van der Waals surface area contributed by atoms with Crippen molar-refractivity contribution in [1.29, 1.82) is 0 Å². The molecule has 1 amide bonds. The van der Waals surface area contributed by atoms with Crippen molar-refractivity contribution in [2.24, 2.45) is 5.73 Å². The highest BCUT2D eigenvalue weighted by molar-refractivity contribution is 5.93. The fraction of sp³-hybridized carbons (Fsp3) is 0.240. The van der Waals surface area contributed by atoms with Gasteiger partial charge in [-0.3, -0.25) is 4.79 Å². The van der Waals surface area contributed by atoms with Crippen molar-refractivity contribution in [3.8, 4) is 11.1 Å². The summed E-state index contributed by atoms with van der Waals surface area (Å²) in [6, 6.07) is 15.6. The second kappa shape index (κ2) is 21.2. The molecule has 0 spiro atoms. The SMILES string of the molecule is C=C.C=C/C=C\C.CC.CC.Cc1ccc(-c2ccc(C(N)=O)cc2)cc1. The normalized spacial score (nSPS) is 8.22. The van der Waals surface area contributed by atoms with Crippen LogP contribution in [0.5, 0.6) is 0 Å². The largest absolute Gasteiger partial charge is 0.366 e. The van der Waals surface area contributed by atoms with Crippen molar-refractivity contribution in [2.75, 3.05) is 0 Å². The second-order valence-electron chi connectivity index (χ2n) is 4.57. The highest BCUT2D eigenvalue weighted by Crippen LogP contribution is 2.20. The molecule has 2 nitrogen and oxygen atoms in total. The molecule has 0 aromatic heterocycles. The molecule has 2 aromatic carbocycles. The lowest BCUT2D eigenvalue weighted by Gasteiger charge is -2.03. The molecule has 2 aromatic rings. The maximum atomic E-state index is 10.9. The smallest absolute Gasteiger partial charge is 0.248 e. The van der Waals surface area contributed by atoms with E-state index in [1.165, 1.54) is 5.56 Å². The molecule has 0 aliphatic heterocycles. The van der Waals surface area contributed by atoms with Gasteiger partial charge in [-0.15, -0.1) is 13.2 Å². The first-order valence-electron chi connectivity index (χ1n) is 9.29. The third kappa shape index (κ3) is 14.0. The number of benzene rings is 2. The molecule has 0 aliphatic rings. The summed E-state index contributed by atoms with van der Waals surface area (Å²) in [6.45, 7) is 21.5. The van der Waals surface area contributed by atoms with E-state index in [-0.39, 0.29) is 0 Å². The minimum absolute atomic E-state index is 0.393. The molecule has 0 radical (unpaired) electrons. The lowest BCUT2D eigenvalue weighted by Crippen LogP contribution is -2.10. The van der Waals surface area contributed by atoms with Crippen molar-refractivity contribution in [1.82, 2.24) is 0 Å². The molecule has 0 atom stereocenters. The van der Waals surface area contributed by atoms with Gasteiger partial charge in [0.1, 0.15) is 0 Å². The van der Waals surface area contributed by atoms with Gasteiger partial charge in [-0.2, -0.15) is 0 Å². The molecular formula is C25H37NO. The molecule has 0 bridgehead atoms. The topological polar surface area (TPSA) is 43.1 Å². The van der Waals surface area contributed by atoms with Crippen LogP contribution in [0.15, 0.2) is 86.5 Å². The van der Waals surface area contributed by atoms with Gasteiger partial charge in [0, 0.05) is 5.56 Å². The third-order valence-electron chi connectivity index (χ3n) is 2.88. The van der Waals surface area contributed by atoms with Crippen LogP contribution in [0.25, 0.3) is 11.1 Å². The zero-order valence-corrected chi connectivity index (χ0v) is 18.0. The minimum Gasteiger partial charge on any atom is -0.366 e. The van der Waals surface area contributed by atoms with E-state index in [1.807, 2.05) is 58.9 Å². The van der Waals surface area contributed by atoms with Crippen molar-refractivity contribution in [3.05, 3.63) is 97.6 Å². The fourth-order valence-electron chi connectivity index (χ4n) is 1.71. The first kappa shape index (κ1) is 28.9. The number of amides is 1. The molecule has 0 saturated heterocycles. The maximum absolute atomic E-state index is 10.9. The molecule has 148 valence electrons. The first-order chi connectivity index (χ1) is 13.1. The molecule has 2 heteroatoms. The van der Waals surface area contributed by atoms with Crippen LogP contribution in [0.3, 0.4) is 0 Å². The molecule has 0 fully saturated rings. The van der Waals surface area contributed by atoms with E-state index in [0.717, 1.165) is 11.1 Å². The van der Waals surface area contributed by atoms with Crippen LogP contribution >= 0.6 is 0 Å². The number of hydrogen-bond acceptors (Lipinski definition) is 1. The zero-order chi connectivity index (χ0) is 21.7. The van der Waals surface area contributed by atoms with Gasteiger partial charge in [-0.25, -0.2) is 0 Å². The molecular weight excluding hydrogens is 330 g/mol. The third-order valence-corrected chi connectivity index (χ3v) is 2.88. The number of allylic oxidation sites excluding steroid dienone is 3. The number of carbonyl (C=O) groups is 1. The summed E-state index contributed by atoms with van der Waals surface area (Å²) in [4.78, 5) is 10.9. The highest BCUT2D eigenvalue weighted by Gasteiger charge is 2.01. The Morgan fingerprint density at radius 3 is 1.48 bits per heavy atom. The summed E-state index contributed by atoms with van der Waals surface area (Å²) in [5.41, 5.74) is 9.18. The summed E-state index contributed by atoms with van der Waals surface area (Å²) in [6.07, 6.45) is 5.58. The lowest BCUT2D eigenvalue weighted by atomic mass is 10.0. The molecule has 27 heavy (non-hydrogen) atoms.